The molecule has 0 amide bonds. The Kier molecular flexibility index (Phi) is 5.24. The second-order valence-electron chi connectivity index (χ2n) is 5.07. The van der Waals surface area contributed by atoms with Crippen LogP contribution in [-0.4, -0.2) is 20.3 Å². The second-order valence-corrected chi connectivity index (χ2v) is 6.29. The van der Waals surface area contributed by atoms with E-state index in [1.165, 1.54) is 0 Å². The van der Waals surface area contributed by atoms with Crippen LogP contribution in [0.1, 0.15) is 0 Å². The molecule has 7 nitrogen and oxygen atoms in total. The zero-order valence-electron chi connectivity index (χ0n) is 13.1. The van der Waals surface area contributed by atoms with Gasteiger partial charge in [0.1, 0.15) is 5.69 Å². The Bertz CT molecular complexity index is 1080. The van der Waals surface area contributed by atoms with Crippen LogP contribution in [0.2, 0.25) is 15.1 Å². The highest BCUT2D eigenvalue weighted by molar-refractivity contribution is 6.42. The fourth-order valence-electron chi connectivity index (χ4n) is 2.28. The van der Waals surface area contributed by atoms with E-state index in [1.54, 1.807) is 24.3 Å². The van der Waals surface area contributed by atoms with E-state index >= 15 is 0 Å². The SMILES string of the molecule is Clc1ccc(Nc2nc3nonc3nc2-c2ccccc2Cl)cc1Cl.N. The van der Waals surface area contributed by atoms with Crippen LogP contribution in [0.5, 0.6) is 0 Å². The molecule has 0 saturated heterocycles. The van der Waals surface area contributed by atoms with Crippen molar-refractivity contribution in [1.82, 2.24) is 26.4 Å². The molecular weight excluding hydrogens is 399 g/mol. The number of halogens is 3. The summed E-state index contributed by atoms with van der Waals surface area (Å²) in [5.74, 6) is 0.440. The summed E-state index contributed by atoms with van der Waals surface area (Å²) in [6, 6.07) is 12.5. The summed E-state index contributed by atoms with van der Waals surface area (Å²) >= 11 is 18.3. The number of aromatic nitrogens is 4. The lowest BCUT2D eigenvalue weighted by molar-refractivity contribution is 0.314. The fraction of sp³-hybridized carbons (Fsp3) is 0. The molecule has 0 unspecified atom stereocenters. The highest BCUT2D eigenvalue weighted by Crippen LogP contribution is 2.34. The first-order valence-electron chi connectivity index (χ1n) is 7.09. The number of hydrogen-bond acceptors (Lipinski definition) is 7. The summed E-state index contributed by atoms with van der Waals surface area (Å²) in [5, 5.41) is 12.0. The number of rotatable bonds is 3. The molecule has 0 atom stereocenters. The second kappa shape index (κ2) is 7.43. The van der Waals surface area contributed by atoms with Crippen molar-refractivity contribution < 1.29 is 4.63 Å². The van der Waals surface area contributed by atoms with Crippen LogP contribution in [0, 0.1) is 0 Å². The van der Waals surface area contributed by atoms with Crippen LogP contribution < -0.4 is 11.5 Å². The topological polar surface area (TPSA) is 112 Å². The zero-order chi connectivity index (χ0) is 17.4. The van der Waals surface area contributed by atoms with Crippen LogP contribution in [-0.2, 0) is 0 Å². The van der Waals surface area contributed by atoms with Crippen molar-refractivity contribution in [2.24, 2.45) is 0 Å². The summed E-state index contributed by atoms with van der Waals surface area (Å²) < 4.78 is 4.70. The van der Waals surface area contributed by atoms with Gasteiger partial charge in [-0.05, 0) is 34.6 Å². The lowest BCUT2D eigenvalue weighted by Crippen LogP contribution is -2.00. The van der Waals surface area contributed by atoms with Gasteiger partial charge in [0, 0.05) is 11.3 Å². The molecular formula is C16H11Cl3N6O. The van der Waals surface area contributed by atoms with Gasteiger partial charge in [0.15, 0.2) is 5.82 Å². The predicted octanol–water partition coefficient (Wildman–Crippen LogP) is 5.55. The third-order valence-electron chi connectivity index (χ3n) is 3.43. The number of nitrogens with zero attached hydrogens (tertiary/aromatic N) is 4. The molecule has 4 aromatic rings. The Morgan fingerprint density at radius 3 is 2.27 bits per heavy atom. The first-order chi connectivity index (χ1) is 12.1. The van der Waals surface area contributed by atoms with Gasteiger partial charge in [-0.2, -0.15) is 0 Å². The van der Waals surface area contributed by atoms with Gasteiger partial charge in [-0.3, -0.25) is 0 Å². The number of fused-ring (bicyclic) bond motifs is 1. The third-order valence-corrected chi connectivity index (χ3v) is 4.49. The van der Waals surface area contributed by atoms with E-state index in [-0.39, 0.29) is 17.4 Å². The van der Waals surface area contributed by atoms with Gasteiger partial charge in [0.2, 0.25) is 11.3 Å². The van der Waals surface area contributed by atoms with Gasteiger partial charge in [-0.1, -0.05) is 53.0 Å². The predicted molar refractivity (Wildman–Crippen MR) is 103 cm³/mol. The normalized spacial score (nSPS) is 10.6. The number of benzene rings is 2. The number of hydrogen-bond donors (Lipinski definition) is 2. The maximum atomic E-state index is 6.31. The molecule has 26 heavy (non-hydrogen) atoms. The Morgan fingerprint density at radius 2 is 1.54 bits per heavy atom. The number of anilines is 2. The van der Waals surface area contributed by atoms with Crippen molar-refractivity contribution in [3.8, 4) is 11.3 Å². The molecule has 0 aliphatic carbocycles. The molecule has 0 bridgehead atoms. The molecule has 10 heteroatoms. The van der Waals surface area contributed by atoms with Gasteiger partial charge < -0.3 is 11.5 Å². The quantitative estimate of drug-likeness (QED) is 0.456. The highest BCUT2D eigenvalue weighted by atomic mass is 35.5. The minimum atomic E-state index is 0. The standard InChI is InChI=1S/C16H8Cl3N5O.H3N/c17-10-4-2-1-3-9(10)13-14(22-16-15(21-13)23-25-24-16)20-8-5-6-11(18)12(19)7-8;/h1-7H,(H,20,22,24);1H3. The highest BCUT2D eigenvalue weighted by Gasteiger charge is 2.17. The van der Waals surface area contributed by atoms with E-state index < -0.39 is 0 Å². The van der Waals surface area contributed by atoms with Gasteiger partial charge >= 0.3 is 0 Å². The summed E-state index contributed by atoms with van der Waals surface area (Å²) in [6.45, 7) is 0. The summed E-state index contributed by atoms with van der Waals surface area (Å²) in [4.78, 5) is 8.89. The average molecular weight is 410 g/mol. The molecule has 0 aliphatic heterocycles. The summed E-state index contributed by atoms with van der Waals surface area (Å²) in [5.41, 5.74) is 2.46. The van der Waals surface area contributed by atoms with E-state index in [9.17, 15) is 0 Å². The average Bonchev–Trinajstić information content (AvgIpc) is 3.05. The van der Waals surface area contributed by atoms with Crippen LogP contribution in [0.25, 0.3) is 22.6 Å². The van der Waals surface area contributed by atoms with Crippen molar-refractivity contribution in [3.05, 3.63) is 57.5 Å². The Hall–Kier alpha value is -2.45. The van der Waals surface area contributed by atoms with Crippen molar-refractivity contribution in [2.45, 2.75) is 0 Å². The molecule has 0 fully saturated rings. The molecule has 0 saturated carbocycles. The summed E-state index contributed by atoms with van der Waals surface area (Å²) in [7, 11) is 0. The molecule has 0 aliphatic rings. The molecule has 4 rings (SSSR count). The van der Waals surface area contributed by atoms with Gasteiger partial charge in [-0.25, -0.2) is 14.6 Å². The molecule has 2 aromatic carbocycles. The van der Waals surface area contributed by atoms with Crippen LogP contribution in [0.4, 0.5) is 11.5 Å². The summed E-state index contributed by atoms with van der Waals surface area (Å²) in [6.07, 6.45) is 0. The van der Waals surface area contributed by atoms with Crippen molar-refractivity contribution in [1.29, 1.82) is 0 Å². The lowest BCUT2D eigenvalue weighted by atomic mass is 10.1. The molecule has 0 spiro atoms. The van der Waals surface area contributed by atoms with Crippen molar-refractivity contribution >= 4 is 57.6 Å². The third kappa shape index (κ3) is 3.42. The van der Waals surface area contributed by atoms with Gasteiger partial charge in [0.25, 0.3) is 0 Å². The molecule has 2 aromatic heterocycles. The first-order valence-corrected chi connectivity index (χ1v) is 8.22. The van der Waals surface area contributed by atoms with E-state index in [2.05, 4.69) is 25.6 Å². The van der Waals surface area contributed by atoms with Crippen LogP contribution >= 0.6 is 34.8 Å². The van der Waals surface area contributed by atoms with Crippen LogP contribution in [0.3, 0.4) is 0 Å². The van der Waals surface area contributed by atoms with Gasteiger partial charge in [0.05, 0.1) is 15.1 Å². The Labute approximate surface area is 162 Å². The monoisotopic (exact) mass is 408 g/mol. The molecule has 4 N–H and O–H groups in total. The minimum Gasteiger partial charge on any atom is -0.344 e. The van der Waals surface area contributed by atoms with E-state index in [0.29, 0.717) is 37.8 Å². The minimum absolute atomic E-state index is 0. The fourth-order valence-corrected chi connectivity index (χ4v) is 2.80. The number of nitrogens with one attached hydrogen (secondary N) is 1. The zero-order valence-corrected chi connectivity index (χ0v) is 15.3. The Balaban J connectivity index is 0.00000196. The van der Waals surface area contributed by atoms with Gasteiger partial charge in [-0.15, -0.1) is 0 Å². The van der Waals surface area contributed by atoms with Crippen molar-refractivity contribution in [3.63, 3.8) is 0 Å². The van der Waals surface area contributed by atoms with Crippen LogP contribution in [0.15, 0.2) is 47.1 Å². The van der Waals surface area contributed by atoms with Crippen molar-refractivity contribution in [2.75, 3.05) is 5.32 Å². The largest absolute Gasteiger partial charge is 0.344 e. The molecule has 0 radical (unpaired) electrons. The molecule has 2 heterocycles. The Morgan fingerprint density at radius 1 is 0.808 bits per heavy atom. The molecule has 132 valence electrons. The van der Waals surface area contributed by atoms with E-state index in [0.717, 1.165) is 0 Å². The maximum Gasteiger partial charge on any atom is 0.245 e. The lowest BCUT2D eigenvalue weighted by Gasteiger charge is -2.11. The smallest absolute Gasteiger partial charge is 0.245 e. The van der Waals surface area contributed by atoms with E-state index in [1.807, 2.05) is 18.2 Å². The van der Waals surface area contributed by atoms with E-state index in [4.69, 9.17) is 39.4 Å². The first kappa shape index (κ1) is 18.3. The maximum absolute atomic E-state index is 6.31.